The summed E-state index contributed by atoms with van der Waals surface area (Å²) in [5.74, 6) is -1.63. The van der Waals surface area contributed by atoms with Crippen molar-refractivity contribution in [1.82, 2.24) is 0 Å². The van der Waals surface area contributed by atoms with Crippen LogP contribution in [0.2, 0.25) is 5.02 Å². The Hall–Kier alpha value is -4.04. The van der Waals surface area contributed by atoms with Crippen molar-refractivity contribution in [1.29, 1.82) is 0 Å². The predicted octanol–water partition coefficient (Wildman–Crippen LogP) is 4.52. The zero-order chi connectivity index (χ0) is 22.5. The van der Waals surface area contributed by atoms with E-state index in [0.717, 1.165) is 6.07 Å². The number of benzene rings is 3. The second-order valence-corrected chi connectivity index (χ2v) is 6.73. The highest BCUT2D eigenvalue weighted by molar-refractivity contribution is 6.33. The third-order valence-electron chi connectivity index (χ3n) is 4.39. The van der Waals surface area contributed by atoms with Gasteiger partial charge in [-0.25, -0.2) is 4.79 Å². The van der Waals surface area contributed by atoms with Gasteiger partial charge in [0, 0.05) is 22.9 Å². The number of nitro benzene ring substituents is 1. The van der Waals surface area contributed by atoms with Crippen LogP contribution in [0, 0.1) is 10.1 Å². The van der Waals surface area contributed by atoms with Crippen LogP contribution in [-0.2, 0) is 4.74 Å². The lowest BCUT2D eigenvalue weighted by Crippen LogP contribution is -2.17. The van der Waals surface area contributed by atoms with Gasteiger partial charge in [0.15, 0.2) is 5.78 Å². The molecule has 0 aliphatic rings. The maximum Gasteiger partial charge on any atom is 0.337 e. The number of halogens is 1. The average Bonchev–Trinajstić information content (AvgIpc) is 2.78. The van der Waals surface area contributed by atoms with Gasteiger partial charge >= 0.3 is 5.97 Å². The molecule has 8 nitrogen and oxygen atoms in total. The van der Waals surface area contributed by atoms with E-state index in [2.05, 4.69) is 10.1 Å². The van der Waals surface area contributed by atoms with Crippen molar-refractivity contribution in [3.8, 4) is 0 Å². The Morgan fingerprint density at radius 3 is 2.16 bits per heavy atom. The first-order valence-electron chi connectivity index (χ1n) is 8.89. The van der Waals surface area contributed by atoms with Crippen molar-refractivity contribution in [3.05, 3.63) is 104 Å². The molecule has 0 aliphatic heterocycles. The normalized spacial score (nSPS) is 10.3. The summed E-state index contributed by atoms with van der Waals surface area (Å²) in [5, 5.41) is 13.7. The van der Waals surface area contributed by atoms with Gasteiger partial charge in [-0.1, -0.05) is 29.8 Å². The van der Waals surface area contributed by atoms with Gasteiger partial charge < -0.3 is 10.1 Å². The zero-order valence-corrected chi connectivity index (χ0v) is 16.9. The fraction of sp³-hybridized carbons (Fsp3) is 0.0455. The summed E-state index contributed by atoms with van der Waals surface area (Å²) in [7, 11) is 1.27. The number of anilines is 1. The fourth-order valence-electron chi connectivity index (χ4n) is 2.83. The molecule has 0 fully saturated rings. The van der Waals surface area contributed by atoms with Crippen molar-refractivity contribution in [2.24, 2.45) is 0 Å². The monoisotopic (exact) mass is 438 g/mol. The molecule has 0 unspecified atom stereocenters. The molecular weight excluding hydrogens is 424 g/mol. The molecule has 0 atom stereocenters. The molecule has 0 saturated carbocycles. The van der Waals surface area contributed by atoms with E-state index in [0.29, 0.717) is 11.3 Å². The summed E-state index contributed by atoms with van der Waals surface area (Å²) in [6.07, 6.45) is 0. The van der Waals surface area contributed by atoms with E-state index in [9.17, 15) is 24.5 Å². The van der Waals surface area contributed by atoms with E-state index in [1.165, 1.54) is 55.6 Å². The minimum absolute atomic E-state index is 0.0266. The van der Waals surface area contributed by atoms with Gasteiger partial charge in [-0.15, -0.1) is 0 Å². The van der Waals surface area contributed by atoms with Crippen molar-refractivity contribution in [3.63, 3.8) is 0 Å². The van der Waals surface area contributed by atoms with Gasteiger partial charge in [0.05, 0.1) is 23.2 Å². The van der Waals surface area contributed by atoms with Crippen molar-refractivity contribution < 1.29 is 24.0 Å². The largest absolute Gasteiger partial charge is 0.465 e. The molecule has 0 heterocycles. The van der Waals surface area contributed by atoms with Gasteiger partial charge in [0.25, 0.3) is 11.6 Å². The van der Waals surface area contributed by atoms with Gasteiger partial charge in [-0.3, -0.25) is 19.7 Å². The van der Waals surface area contributed by atoms with Gasteiger partial charge in [0.2, 0.25) is 0 Å². The highest BCUT2D eigenvalue weighted by Gasteiger charge is 2.21. The minimum atomic E-state index is -0.685. The number of ether oxygens (including phenoxy) is 1. The van der Waals surface area contributed by atoms with Crippen LogP contribution in [0.4, 0.5) is 11.4 Å². The third-order valence-corrected chi connectivity index (χ3v) is 4.70. The number of nitro groups is 1. The second kappa shape index (κ2) is 9.19. The van der Waals surface area contributed by atoms with Crippen LogP contribution in [0.3, 0.4) is 0 Å². The Bertz CT molecular complexity index is 1190. The number of rotatable bonds is 6. The Labute approximate surface area is 181 Å². The molecule has 31 heavy (non-hydrogen) atoms. The molecule has 0 bridgehead atoms. The number of carbonyl (C=O) groups excluding carboxylic acids is 3. The lowest BCUT2D eigenvalue weighted by atomic mass is 9.97. The molecule has 9 heteroatoms. The quantitative estimate of drug-likeness (QED) is 0.262. The molecule has 3 aromatic rings. The van der Waals surface area contributed by atoms with Crippen LogP contribution in [0.25, 0.3) is 0 Å². The number of esters is 1. The highest BCUT2D eigenvalue weighted by Crippen LogP contribution is 2.27. The minimum Gasteiger partial charge on any atom is -0.465 e. The van der Waals surface area contributed by atoms with Crippen LogP contribution < -0.4 is 5.32 Å². The SMILES string of the molecule is COC(=O)c1ccc(NC(=O)c2ccccc2C(=O)c2ccc(Cl)c([N+](=O)[O-])c2)cc1. The summed E-state index contributed by atoms with van der Waals surface area (Å²) < 4.78 is 4.63. The van der Waals surface area contributed by atoms with Gasteiger partial charge in [-0.2, -0.15) is 0 Å². The Morgan fingerprint density at radius 2 is 1.55 bits per heavy atom. The van der Waals surface area contributed by atoms with E-state index in [1.807, 2.05) is 0 Å². The Kier molecular flexibility index (Phi) is 6.42. The third kappa shape index (κ3) is 4.76. The average molecular weight is 439 g/mol. The van der Waals surface area contributed by atoms with Crippen molar-refractivity contribution >= 4 is 40.6 Å². The molecule has 1 N–H and O–H groups in total. The number of nitrogens with zero attached hydrogens (tertiary/aromatic N) is 1. The second-order valence-electron chi connectivity index (χ2n) is 6.32. The van der Waals surface area contributed by atoms with Crippen LogP contribution >= 0.6 is 11.6 Å². The first kappa shape index (κ1) is 21.7. The highest BCUT2D eigenvalue weighted by atomic mass is 35.5. The van der Waals surface area contributed by atoms with Gasteiger partial charge in [0.1, 0.15) is 5.02 Å². The molecule has 3 rings (SSSR count). The van der Waals surface area contributed by atoms with Crippen LogP contribution in [0.1, 0.15) is 36.6 Å². The van der Waals surface area contributed by atoms with Crippen molar-refractivity contribution in [2.75, 3.05) is 12.4 Å². The number of carbonyl (C=O) groups is 3. The summed E-state index contributed by atoms with van der Waals surface area (Å²) in [5.41, 5.74) is 0.506. The molecule has 0 saturated heterocycles. The van der Waals surface area contributed by atoms with E-state index >= 15 is 0 Å². The standard InChI is InChI=1S/C22H15ClN2O6/c1-31-22(28)13-6-9-15(10-7-13)24-21(27)17-5-3-2-4-16(17)20(26)14-8-11-18(23)19(12-14)25(29)30/h2-12H,1H3,(H,24,27). The lowest BCUT2D eigenvalue weighted by molar-refractivity contribution is -0.384. The number of amides is 1. The molecule has 0 aliphatic carbocycles. The number of methoxy groups -OCH3 is 1. The molecule has 0 aromatic heterocycles. The smallest absolute Gasteiger partial charge is 0.337 e. The first-order valence-corrected chi connectivity index (χ1v) is 9.27. The summed E-state index contributed by atoms with van der Waals surface area (Å²) in [6, 6.07) is 15.8. The molecular formula is C22H15ClN2O6. The molecule has 1 amide bonds. The molecule has 0 spiro atoms. The Balaban J connectivity index is 1.88. The molecule has 156 valence electrons. The maximum atomic E-state index is 13.0. The molecule has 0 radical (unpaired) electrons. The Morgan fingerprint density at radius 1 is 0.935 bits per heavy atom. The van der Waals surface area contributed by atoms with Gasteiger partial charge in [-0.05, 0) is 42.5 Å². The van der Waals surface area contributed by atoms with Crippen molar-refractivity contribution in [2.45, 2.75) is 0 Å². The van der Waals surface area contributed by atoms with Crippen LogP contribution in [0.5, 0.6) is 0 Å². The number of nitrogens with one attached hydrogen (secondary N) is 1. The summed E-state index contributed by atoms with van der Waals surface area (Å²) >= 11 is 5.81. The number of ketones is 1. The van der Waals surface area contributed by atoms with E-state index in [-0.39, 0.29) is 21.7 Å². The maximum absolute atomic E-state index is 13.0. The summed E-state index contributed by atoms with van der Waals surface area (Å²) in [6.45, 7) is 0. The zero-order valence-electron chi connectivity index (χ0n) is 16.1. The number of hydrogen-bond acceptors (Lipinski definition) is 6. The topological polar surface area (TPSA) is 116 Å². The summed E-state index contributed by atoms with van der Waals surface area (Å²) in [4.78, 5) is 47.7. The van der Waals surface area contributed by atoms with Crippen LogP contribution in [-0.4, -0.2) is 29.7 Å². The van der Waals surface area contributed by atoms with E-state index in [4.69, 9.17) is 11.6 Å². The molecule has 3 aromatic carbocycles. The van der Waals surface area contributed by atoms with Crippen LogP contribution in [0.15, 0.2) is 66.7 Å². The number of hydrogen-bond donors (Lipinski definition) is 1. The van der Waals surface area contributed by atoms with E-state index < -0.39 is 28.3 Å². The van der Waals surface area contributed by atoms with E-state index in [1.54, 1.807) is 12.1 Å². The first-order chi connectivity index (χ1) is 14.8. The fourth-order valence-corrected chi connectivity index (χ4v) is 3.02. The lowest BCUT2D eigenvalue weighted by Gasteiger charge is -2.10. The predicted molar refractivity (Wildman–Crippen MR) is 114 cm³/mol.